The lowest BCUT2D eigenvalue weighted by molar-refractivity contribution is 0.221. The maximum Gasteiger partial charge on any atom is 0.129 e. The molecule has 2 aromatic heterocycles. The molecule has 5 heteroatoms. The Morgan fingerprint density at radius 2 is 2.09 bits per heavy atom. The van der Waals surface area contributed by atoms with E-state index >= 15 is 0 Å². The minimum atomic E-state index is 0.517. The second-order valence-electron chi connectivity index (χ2n) is 5.88. The van der Waals surface area contributed by atoms with Gasteiger partial charge in [0.15, 0.2) is 0 Å². The number of aromatic nitrogens is 3. The summed E-state index contributed by atoms with van der Waals surface area (Å²) in [6.45, 7) is 5.41. The van der Waals surface area contributed by atoms with E-state index in [0.29, 0.717) is 6.04 Å². The third-order valence-electron chi connectivity index (χ3n) is 4.15. The van der Waals surface area contributed by atoms with Crippen molar-refractivity contribution in [3.63, 3.8) is 0 Å². The van der Waals surface area contributed by atoms with Crippen molar-refractivity contribution < 1.29 is 0 Å². The van der Waals surface area contributed by atoms with E-state index in [2.05, 4.69) is 37.3 Å². The normalized spacial score (nSPS) is 16.6. The van der Waals surface area contributed by atoms with Gasteiger partial charge in [-0.05, 0) is 38.0 Å². The first-order valence-corrected chi connectivity index (χ1v) is 7.97. The van der Waals surface area contributed by atoms with Gasteiger partial charge in [0, 0.05) is 49.7 Å². The molecule has 2 aromatic rings. The van der Waals surface area contributed by atoms with Crippen LogP contribution in [-0.2, 0) is 6.42 Å². The Hall–Kier alpha value is -2.01. The molecule has 1 aliphatic heterocycles. The first kappa shape index (κ1) is 14.9. The van der Waals surface area contributed by atoms with Crippen LogP contribution in [0.3, 0.4) is 0 Å². The lowest BCUT2D eigenvalue weighted by Crippen LogP contribution is -2.40. The van der Waals surface area contributed by atoms with E-state index in [1.165, 1.54) is 5.69 Å². The molecular weight excluding hydrogens is 274 g/mol. The molecule has 5 nitrogen and oxygen atoms in total. The van der Waals surface area contributed by atoms with Crippen molar-refractivity contribution in [1.82, 2.24) is 19.9 Å². The van der Waals surface area contributed by atoms with Gasteiger partial charge in [0.05, 0.1) is 0 Å². The minimum Gasteiger partial charge on any atom is -0.367 e. The largest absolute Gasteiger partial charge is 0.367 e. The fourth-order valence-corrected chi connectivity index (χ4v) is 2.90. The Kier molecular flexibility index (Phi) is 4.96. The van der Waals surface area contributed by atoms with Crippen LogP contribution in [0.1, 0.15) is 24.2 Å². The molecule has 1 saturated heterocycles. The van der Waals surface area contributed by atoms with Crippen molar-refractivity contribution in [1.29, 1.82) is 0 Å². The predicted molar refractivity (Wildman–Crippen MR) is 87.8 cm³/mol. The van der Waals surface area contributed by atoms with Crippen LogP contribution in [0.2, 0.25) is 0 Å². The number of hydrogen-bond acceptors (Lipinski definition) is 5. The van der Waals surface area contributed by atoms with E-state index in [9.17, 15) is 0 Å². The summed E-state index contributed by atoms with van der Waals surface area (Å²) in [6, 6.07) is 8.71. The fourth-order valence-electron chi connectivity index (χ4n) is 2.90. The summed E-state index contributed by atoms with van der Waals surface area (Å²) in [5.41, 5.74) is 2.30. The van der Waals surface area contributed by atoms with E-state index in [1.807, 2.05) is 19.1 Å². The van der Waals surface area contributed by atoms with Crippen molar-refractivity contribution >= 4 is 5.82 Å². The summed E-state index contributed by atoms with van der Waals surface area (Å²) in [7, 11) is 0. The molecule has 1 N–H and O–H groups in total. The van der Waals surface area contributed by atoms with Crippen LogP contribution in [0.15, 0.2) is 36.8 Å². The van der Waals surface area contributed by atoms with Gasteiger partial charge in [-0.1, -0.05) is 6.07 Å². The van der Waals surface area contributed by atoms with Crippen LogP contribution in [-0.4, -0.2) is 45.5 Å². The number of anilines is 1. The summed E-state index contributed by atoms with van der Waals surface area (Å²) < 4.78 is 0. The van der Waals surface area contributed by atoms with Crippen LogP contribution in [0.25, 0.3) is 0 Å². The number of hydrogen-bond donors (Lipinski definition) is 1. The zero-order valence-electron chi connectivity index (χ0n) is 13.1. The molecule has 1 aliphatic rings. The van der Waals surface area contributed by atoms with Gasteiger partial charge >= 0.3 is 0 Å². The van der Waals surface area contributed by atoms with E-state index in [0.717, 1.165) is 50.4 Å². The van der Waals surface area contributed by atoms with Crippen molar-refractivity contribution in [3.05, 3.63) is 48.2 Å². The van der Waals surface area contributed by atoms with E-state index in [4.69, 9.17) is 0 Å². The SMILES string of the molecule is Cc1cccc(CCN2CCC(Nc3ccncn3)CC2)n1. The second kappa shape index (κ2) is 7.31. The van der Waals surface area contributed by atoms with Crippen molar-refractivity contribution in [2.45, 2.75) is 32.2 Å². The first-order chi connectivity index (χ1) is 10.8. The highest BCUT2D eigenvalue weighted by Crippen LogP contribution is 2.15. The molecule has 0 aromatic carbocycles. The fraction of sp³-hybridized carbons (Fsp3) is 0.471. The van der Waals surface area contributed by atoms with Gasteiger partial charge in [-0.3, -0.25) is 4.98 Å². The van der Waals surface area contributed by atoms with Crippen LogP contribution >= 0.6 is 0 Å². The molecule has 116 valence electrons. The monoisotopic (exact) mass is 297 g/mol. The minimum absolute atomic E-state index is 0.517. The second-order valence-corrected chi connectivity index (χ2v) is 5.88. The van der Waals surface area contributed by atoms with Gasteiger partial charge in [-0.25, -0.2) is 9.97 Å². The van der Waals surface area contributed by atoms with E-state index in [1.54, 1.807) is 12.5 Å². The molecule has 0 aliphatic carbocycles. The van der Waals surface area contributed by atoms with Gasteiger partial charge in [0.2, 0.25) is 0 Å². The number of likely N-dealkylation sites (tertiary alicyclic amines) is 1. The Balaban J connectivity index is 1.42. The first-order valence-electron chi connectivity index (χ1n) is 7.97. The molecule has 3 heterocycles. The molecule has 1 fully saturated rings. The van der Waals surface area contributed by atoms with Gasteiger partial charge in [-0.2, -0.15) is 0 Å². The summed E-state index contributed by atoms with van der Waals surface area (Å²) in [4.78, 5) is 15.3. The number of aryl methyl sites for hydroxylation is 1. The summed E-state index contributed by atoms with van der Waals surface area (Å²) in [5.74, 6) is 0.928. The van der Waals surface area contributed by atoms with Gasteiger partial charge in [0.25, 0.3) is 0 Å². The molecule has 0 amide bonds. The van der Waals surface area contributed by atoms with Crippen molar-refractivity contribution in [3.8, 4) is 0 Å². The van der Waals surface area contributed by atoms with Crippen molar-refractivity contribution in [2.75, 3.05) is 25.0 Å². The summed E-state index contributed by atoms with van der Waals surface area (Å²) >= 11 is 0. The van der Waals surface area contributed by atoms with Gasteiger partial charge < -0.3 is 10.2 Å². The number of rotatable bonds is 5. The number of piperidine rings is 1. The smallest absolute Gasteiger partial charge is 0.129 e. The third kappa shape index (κ3) is 4.24. The number of pyridine rings is 1. The quantitative estimate of drug-likeness (QED) is 0.918. The molecule has 0 saturated carbocycles. The van der Waals surface area contributed by atoms with Gasteiger partial charge in [-0.15, -0.1) is 0 Å². The Morgan fingerprint density at radius 3 is 2.82 bits per heavy atom. The molecule has 0 atom stereocenters. The Morgan fingerprint density at radius 1 is 1.23 bits per heavy atom. The van der Waals surface area contributed by atoms with Crippen LogP contribution in [0, 0.1) is 6.92 Å². The zero-order chi connectivity index (χ0) is 15.2. The number of nitrogens with zero attached hydrogens (tertiary/aromatic N) is 4. The lowest BCUT2D eigenvalue weighted by Gasteiger charge is -2.32. The summed E-state index contributed by atoms with van der Waals surface area (Å²) in [6.07, 6.45) is 6.72. The molecule has 0 spiro atoms. The average Bonchev–Trinajstić information content (AvgIpc) is 2.55. The molecular formula is C17H23N5. The molecule has 0 unspecified atom stereocenters. The highest BCUT2D eigenvalue weighted by Gasteiger charge is 2.19. The van der Waals surface area contributed by atoms with Crippen LogP contribution < -0.4 is 5.32 Å². The highest BCUT2D eigenvalue weighted by molar-refractivity contribution is 5.33. The number of nitrogens with one attached hydrogen (secondary N) is 1. The lowest BCUT2D eigenvalue weighted by atomic mass is 10.0. The van der Waals surface area contributed by atoms with Crippen LogP contribution in [0.5, 0.6) is 0 Å². The van der Waals surface area contributed by atoms with E-state index < -0.39 is 0 Å². The molecule has 22 heavy (non-hydrogen) atoms. The summed E-state index contributed by atoms with van der Waals surface area (Å²) in [5, 5.41) is 3.49. The highest BCUT2D eigenvalue weighted by atomic mass is 15.1. The maximum atomic E-state index is 4.58. The Bertz CT molecular complexity index is 579. The Labute approximate surface area is 131 Å². The zero-order valence-corrected chi connectivity index (χ0v) is 13.1. The standard InChI is InChI=1S/C17H23N5/c1-14-3-2-4-15(20-14)6-10-22-11-7-16(8-12-22)21-17-5-9-18-13-19-17/h2-5,9,13,16H,6-8,10-12H2,1H3,(H,18,19,21). The third-order valence-corrected chi connectivity index (χ3v) is 4.15. The van der Waals surface area contributed by atoms with Gasteiger partial charge in [0.1, 0.15) is 12.1 Å². The van der Waals surface area contributed by atoms with Crippen molar-refractivity contribution in [2.24, 2.45) is 0 Å². The molecule has 0 bridgehead atoms. The molecule has 3 rings (SSSR count). The molecule has 0 radical (unpaired) electrons. The average molecular weight is 297 g/mol. The van der Waals surface area contributed by atoms with Crippen LogP contribution in [0.4, 0.5) is 5.82 Å². The van der Waals surface area contributed by atoms with E-state index in [-0.39, 0.29) is 0 Å². The predicted octanol–water partition coefficient (Wildman–Crippen LogP) is 2.30. The topological polar surface area (TPSA) is 53.9 Å². The maximum absolute atomic E-state index is 4.58.